The number of sulfonamides is 1. The minimum Gasteiger partial charge on any atom is -0.259 e. The molecule has 12 heteroatoms. The molecule has 1 aromatic heterocycles. The Morgan fingerprint density at radius 2 is 1.56 bits per heavy atom. The van der Waals surface area contributed by atoms with Crippen molar-refractivity contribution >= 4 is 10.0 Å². The summed E-state index contributed by atoms with van der Waals surface area (Å²) >= 11 is 0. The van der Waals surface area contributed by atoms with Gasteiger partial charge in [-0.3, -0.25) is 4.68 Å². The molecule has 0 radical (unpaired) electrons. The lowest BCUT2D eigenvalue weighted by atomic mass is 9.97. The highest BCUT2D eigenvalue weighted by molar-refractivity contribution is 7.89. The van der Waals surface area contributed by atoms with Crippen molar-refractivity contribution in [2.45, 2.75) is 56.3 Å². The number of benzene rings is 2. The van der Waals surface area contributed by atoms with Gasteiger partial charge in [-0.25, -0.2) is 26.3 Å². The minimum absolute atomic E-state index is 0.0749. The monoisotopic (exact) mass is 531 g/mol. The molecule has 2 aromatic carbocycles. The van der Waals surface area contributed by atoms with Crippen LogP contribution in [0.3, 0.4) is 0 Å². The average molecular weight is 532 g/mol. The standard InChI is InChI=1S/C24H23F6N3O2S/c1-23(2,3)33-22(16-10-19(26)20(27)11-18(16)25)17(12-31-33)21(13-4-5-13)32-36(34,35)15-8-6-14(7-9-15)24(28,29)30/h6-13,21,32H,4-5H2,1-3H3. The molecule has 1 unspecified atom stereocenters. The highest BCUT2D eigenvalue weighted by Crippen LogP contribution is 2.46. The SMILES string of the molecule is CC(C)(C)n1ncc(C(NS(=O)(=O)c2ccc(C(F)(F)F)cc2)C2CC2)c1-c1cc(F)c(F)cc1F. The first-order valence-corrected chi connectivity index (χ1v) is 12.5. The minimum atomic E-state index is -4.63. The van der Waals surface area contributed by atoms with Gasteiger partial charge in [-0.1, -0.05) is 0 Å². The smallest absolute Gasteiger partial charge is 0.259 e. The largest absolute Gasteiger partial charge is 0.416 e. The highest BCUT2D eigenvalue weighted by atomic mass is 32.2. The zero-order chi connectivity index (χ0) is 26.6. The molecule has 0 amide bonds. The number of alkyl halides is 3. The second kappa shape index (κ2) is 8.91. The Morgan fingerprint density at radius 1 is 0.972 bits per heavy atom. The molecule has 4 rings (SSSR count). The maximum atomic E-state index is 14.9. The summed E-state index contributed by atoms with van der Waals surface area (Å²) in [5.41, 5.74) is -1.72. The van der Waals surface area contributed by atoms with E-state index in [-0.39, 0.29) is 27.6 Å². The molecule has 1 heterocycles. The van der Waals surface area contributed by atoms with Gasteiger partial charge in [0.15, 0.2) is 11.6 Å². The van der Waals surface area contributed by atoms with Crippen molar-refractivity contribution in [3.05, 3.63) is 71.2 Å². The van der Waals surface area contributed by atoms with Crippen molar-refractivity contribution in [3.63, 3.8) is 0 Å². The maximum Gasteiger partial charge on any atom is 0.416 e. The number of hydrogen-bond donors (Lipinski definition) is 1. The summed E-state index contributed by atoms with van der Waals surface area (Å²) in [6.07, 6.45) is -2.03. The fraction of sp³-hybridized carbons (Fsp3) is 0.375. The van der Waals surface area contributed by atoms with Gasteiger partial charge >= 0.3 is 6.18 Å². The van der Waals surface area contributed by atoms with E-state index in [0.29, 0.717) is 37.1 Å². The second-order valence-electron chi connectivity index (χ2n) is 9.74. The van der Waals surface area contributed by atoms with Crippen LogP contribution >= 0.6 is 0 Å². The normalized spacial score (nSPS) is 15.8. The number of aromatic nitrogens is 2. The van der Waals surface area contributed by atoms with Crippen molar-refractivity contribution in [3.8, 4) is 11.3 Å². The molecule has 36 heavy (non-hydrogen) atoms. The van der Waals surface area contributed by atoms with Crippen LogP contribution in [-0.4, -0.2) is 18.2 Å². The second-order valence-corrected chi connectivity index (χ2v) is 11.4. The zero-order valence-electron chi connectivity index (χ0n) is 19.5. The lowest BCUT2D eigenvalue weighted by molar-refractivity contribution is -0.137. The molecule has 1 aliphatic carbocycles. The molecule has 1 N–H and O–H groups in total. The van der Waals surface area contributed by atoms with Crippen molar-refractivity contribution < 1.29 is 34.8 Å². The van der Waals surface area contributed by atoms with Gasteiger partial charge in [0.1, 0.15) is 5.82 Å². The first-order chi connectivity index (χ1) is 16.6. The summed E-state index contributed by atoms with van der Waals surface area (Å²) in [6, 6.07) is 3.21. The predicted molar refractivity (Wildman–Crippen MR) is 120 cm³/mol. The Morgan fingerprint density at radius 3 is 2.08 bits per heavy atom. The van der Waals surface area contributed by atoms with E-state index in [4.69, 9.17) is 0 Å². The van der Waals surface area contributed by atoms with E-state index in [1.807, 2.05) is 0 Å². The number of nitrogens with one attached hydrogen (secondary N) is 1. The first kappa shape index (κ1) is 26.2. The molecule has 1 atom stereocenters. The van der Waals surface area contributed by atoms with Crippen molar-refractivity contribution in [1.82, 2.24) is 14.5 Å². The van der Waals surface area contributed by atoms with Gasteiger partial charge in [0, 0.05) is 17.2 Å². The molecule has 0 saturated heterocycles. The van der Waals surface area contributed by atoms with Gasteiger partial charge in [0.2, 0.25) is 10.0 Å². The molecule has 3 aromatic rings. The van der Waals surface area contributed by atoms with E-state index in [2.05, 4.69) is 9.82 Å². The van der Waals surface area contributed by atoms with Crippen LogP contribution in [0.15, 0.2) is 47.5 Å². The zero-order valence-corrected chi connectivity index (χ0v) is 20.3. The fourth-order valence-electron chi connectivity index (χ4n) is 3.97. The maximum absolute atomic E-state index is 14.9. The Kier molecular flexibility index (Phi) is 6.49. The Bertz CT molecular complexity index is 1390. The molecule has 0 spiro atoms. The van der Waals surface area contributed by atoms with Crippen LogP contribution in [0, 0.1) is 23.4 Å². The van der Waals surface area contributed by atoms with E-state index in [1.165, 1.54) is 10.9 Å². The summed E-state index contributed by atoms with van der Waals surface area (Å²) < 4.78 is 112. The Hall–Kier alpha value is -2.86. The van der Waals surface area contributed by atoms with E-state index in [9.17, 15) is 34.8 Å². The summed E-state index contributed by atoms with van der Waals surface area (Å²) in [4.78, 5) is -0.384. The summed E-state index contributed by atoms with van der Waals surface area (Å²) in [7, 11) is -4.31. The van der Waals surface area contributed by atoms with E-state index in [1.54, 1.807) is 20.8 Å². The van der Waals surface area contributed by atoms with Crippen LogP contribution < -0.4 is 4.72 Å². The number of halogens is 6. The van der Waals surface area contributed by atoms with Gasteiger partial charge in [-0.15, -0.1) is 0 Å². The molecule has 5 nitrogen and oxygen atoms in total. The molecule has 0 aliphatic heterocycles. The predicted octanol–water partition coefficient (Wildman–Crippen LogP) is 6.17. The quantitative estimate of drug-likeness (QED) is 0.306. The number of rotatable bonds is 6. The van der Waals surface area contributed by atoms with Crippen LogP contribution in [0.1, 0.15) is 50.8 Å². The molecule has 1 saturated carbocycles. The lowest BCUT2D eigenvalue weighted by Gasteiger charge is -2.25. The first-order valence-electron chi connectivity index (χ1n) is 11.0. The topological polar surface area (TPSA) is 64.0 Å². The van der Waals surface area contributed by atoms with Crippen molar-refractivity contribution in [1.29, 1.82) is 0 Å². The third-order valence-corrected chi connectivity index (χ3v) is 7.36. The Balaban J connectivity index is 1.81. The van der Waals surface area contributed by atoms with Gasteiger partial charge in [0.25, 0.3) is 0 Å². The van der Waals surface area contributed by atoms with E-state index in [0.717, 1.165) is 12.1 Å². The van der Waals surface area contributed by atoms with Crippen LogP contribution in [0.2, 0.25) is 0 Å². The third-order valence-electron chi connectivity index (χ3n) is 5.90. The van der Waals surface area contributed by atoms with Crippen LogP contribution in [0.4, 0.5) is 26.3 Å². The van der Waals surface area contributed by atoms with Gasteiger partial charge in [0.05, 0.1) is 33.9 Å². The van der Waals surface area contributed by atoms with Gasteiger partial charge in [-0.2, -0.15) is 18.3 Å². The summed E-state index contributed by atoms with van der Waals surface area (Å²) in [5, 5.41) is 4.30. The third kappa shape index (κ3) is 5.15. The van der Waals surface area contributed by atoms with Crippen molar-refractivity contribution in [2.24, 2.45) is 5.92 Å². The van der Waals surface area contributed by atoms with Crippen LogP contribution in [-0.2, 0) is 21.7 Å². The molecular weight excluding hydrogens is 508 g/mol. The van der Waals surface area contributed by atoms with Crippen LogP contribution in [0.5, 0.6) is 0 Å². The summed E-state index contributed by atoms with van der Waals surface area (Å²) in [5.74, 6) is -3.92. The molecule has 194 valence electrons. The molecular formula is C24H23F6N3O2S. The fourth-order valence-corrected chi connectivity index (χ4v) is 5.26. The van der Waals surface area contributed by atoms with Crippen molar-refractivity contribution in [2.75, 3.05) is 0 Å². The molecule has 0 bridgehead atoms. The van der Waals surface area contributed by atoms with Gasteiger partial charge in [-0.05, 0) is 69.9 Å². The number of hydrogen-bond acceptors (Lipinski definition) is 3. The molecule has 1 aliphatic rings. The average Bonchev–Trinajstić information content (AvgIpc) is 3.51. The van der Waals surface area contributed by atoms with E-state index >= 15 is 0 Å². The van der Waals surface area contributed by atoms with E-state index < -0.39 is 50.8 Å². The van der Waals surface area contributed by atoms with Gasteiger partial charge < -0.3 is 0 Å². The number of nitrogens with zero attached hydrogens (tertiary/aromatic N) is 2. The summed E-state index contributed by atoms with van der Waals surface area (Å²) in [6.45, 7) is 5.26. The molecule has 1 fully saturated rings. The van der Waals surface area contributed by atoms with Crippen LogP contribution in [0.25, 0.3) is 11.3 Å². The lowest BCUT2D eigenvalue weighted by Crippen LogP contribution is -2.31. The Labute approximate surface area is 204 Å². The highest BCUT2D eigenvalue weighted by Gasteiger charge is 2.40.